The number of benzene rings is 2. The molecule has 2 aromatic heterocycles. The number of thioether (sulfide) groups is 1. The predicted octanol–water partition coefficient (Wildman–Crippen LogP) is 3.49. The van der Waals surface area contributed by atoms with Gasteiger partial charge in [0.15, 0.2) is 5.65 Å². The summed E-state index contributed by atoms with van der Waals surface area (Å²) in [5.41, 5.74) is 2.36. The molecule has 0 aliphatic heterocycles. The maximum Gasteiger partial charge on any atom is 0.263 e. The van der Waals surface area contributed by atoms with Gasteiger partial charge in [0, 0.05) is 18.7 Å². The second-order valence-corrected chi connectivity index (χ2v) is 6.81. The number of rotatable bonds is 6. The molecule has 0 atom stereocenters. The molecule has 0 unspecified atom stereocenters. The van der Waals surface area contributed by atoms with Gasteiger partial charge >= 0.3 is 0 Å². The van der Waals surface area contributed by atoms with Gasteiger partial charge in [-0.25, -0.2) is 9.67 Å². The van der Waals surface area contributed by atoms with Gasteiger partial charge in [-0.1, -0.05) is 36.4 Å². The van der Waals surface area contributed by atoms with Gasteiger partial charge in [0.25, 0.3) is 5.56 Å². The number of nitrogens with one attached hydrogen (secondary N) is 2. The number of aromatic nitrogens is 4. The van der Waals surface area contributed by atoms with Crippen molar-refractivity contribution in [2.75, 3.05) is 18.1 Å². The molecule has 27 heavy (non-hydrogen) atoms. The second-order valence-electron chi connectivity index (χ2n) is 6.01. The first-order valence-electron chi connectivity index (χ1n) is 8.66. The largest absolute Gasteiger partial charge is 0.385 e. The molecule has 4 aromatic rings. The molecule has 0 fully saturated rings. The van der Waals surface area contributed by atoms with E-state index in [4.69, 9.17) is 4.98 Å². The van der Waals surface area contributed by atoms with Crippen LogP contribution in [0, 0.1) is 0 Å². The van der Waals surface area contributed by atoms with Crippen LogP contribution in [-0.4, -0.2) is 32.5 Å². The lowest BCUT2D eigenvalue weighted by Gasteiger charge is -2.07. The average Bonchev–Trinajstić information content (AvgIpc) is 3.09. The van der Waals surface area contributed by atoms with E-state index >= 15 is 0 Å². The summed E-state index contributed by atoms with van der Waals surface area (Å²) in [5, 5.41) is 9.13. The quantitative estimate of drug-likeness (QED) is 0.503. The minimum atomic E-state index is -0.152. The van der Waals surface area contributed by atoms with Crippen LogP contribution < -0.4 is 10.9 Å². The summed E-state index contributed by atoms with van der Waals surface area (Å²) >= 11 is 1.44. The van der Waals surface area contributed by atoms with Crippen LogP contribution in [0.25, 0.3) is 16.7 Å². The van der Waals surface area contributed by atoms with E-state index in [1.165, 1.54) is 11.8 Å². The molecule has 136 valence electrons. The first-order chi connectivity index (χ1) is 13.3. The first kappa shape index (κ1) is 17.4. The molecule has 0 saturated heterocycles. The molecule has 0 aliphatic carbocycles. The number of hydrogen-bond donors (Lipinski definition) is 2. The summed E-state index contributed by atoms with van der Waals surface area (Å²) in [6.07, 6.45) is 2.52. The molecule has 0 bridgehead atoms. The SMILES string of the molecule is CSc1nn(-c2ccccc2)c2nc(CCNc3ccccc3)[nH]c(=O)c12. The highest BCUT2D eigenvalue weighted by atomic mass is 32.2. The summed E-state index contributed by atoms with van der Waals surface area (Å²) in [7, 11) is 0. The van der Waals surface area contributed by atoms with Crippen molar-refractivity contribution in [3.05, 3.63) is 76.8 Å². The zero-order chi connectivity index (χ0) is 18.6. The Morgan fingerprint density at radius 2 is 1.78 bits per heavy atom. The molecule has 0 saturated carbocycles. The van der Waals surface area contributed by atoms with E-state index in [0.717, 1.165) is 11.4 Å². The lowest BCUT2D eigenvalue weighted by Crippen LogP contribution is -2.15. The zero-order valence-electron chi connectivity index (χ0n) is 14.8. The summed E-state index contributed by atoms with van der Waals surface area (Å²) in [4.78, 5) is 20.3. The van der Waals surface area contributed by atoms with Crippen molar-refractivity contribution in [3.8, 4) is 5.69 Å². The van der Waals surface area contributed by atoms with Crippen molar-refractivity contribution in [3.63, 3.8) is 0 Å². The van der Waals surface area contributed by atoms with E-state index in [0.29, 0.717) is 34.8 Å². The van der Waals surface area contributed by atoms with Crippen LogP contribution in [0.4, 0.5) is 5.69 Å². The third-order valence-corrected chi connectivity index (χ3v) is 4.89. The number of fused-ring (bicyclic) bond motifs is 1. The Kier molecular flexibility index (Phi) is 4.93. The van der Waals surface area contributed by atoms with Crippen LogP contribution in [-0.2, 0) is 6.42 Å². The van der Waals surface area contributed by atoms with Crippen LogP contribution >= 0.6 is 11.8 Å². The van der Waals surface area contributed by atoms with Gasteiger partial charge in [-0.3, -0.25) is 4.79 Å². The van der Waals surface area contributed by atoms with Crippen LogP contribution in [0.5, 0.6) is 0 Å². The molecule has 0 amide bonds. The molecule has 2 N–H and O–H groups in total. The molecule has 0 aliphatic rings. The second kappa shape index (κ2) is 7.67. The van der Waals surface area contributed by atoms with Crippen molar-refractivity contribution >= 4 is 28.5 Å². The molecule has 2 aromatic carbocycles. The Hall–Kier alpha value is -3.06. The fraction of sp³-hybridized carbons (Fsp3) is 0.150. The molecule has 6 nitrogen and oxygen atoms in total. The first-order valence-corrected chi connectivity index (χ1v) is 9.89. The van der Waals surface area contributed by atoms with Crippen LogP contribution in [0.2, 0.25) is 0 Å². The van der Waals surface area contributed by atoms with Gasteiger partial charge in [0.05, 0.1) is 5.69 Å². The van der Waals surface area contributed by atoms with E-state index in [-0.39, 0.29) is 5.56 Å². The van der Waals surface area contributed by atoms with Crippen molar-refractivity contribution < 1.29 is 0 Å². The van der Waals surface area contributed by atoms with Gasteiger partial charge in [-0.05, 0) is 30.5 Å². The van der Waals surface area contributed by atoms with Gasteiger partial charge in [0.1, 0.15) is 16.2 Å². The summed E-state index contributed by atoms with van der Waals surface area (Å²) in [5.74, 6) is 0.640. The molecule has 0 spiro atoms. The predicted molar refractivity (Wildman–Crippen MR) is 110 cm³/mol. The fourth-order valence-corrected chi connectivity index (χ4v) is 3.48. The topological polar surface area (TPSA) is 75.6 Å². The van der Waals surface area contributed by atoms with E-state index in [1.54, 1.807) is 4.68 Å². The highest BCUT2D eigenvalue weighted by molar-refractivity contribution is 7.98. The normalized spacial score (nSPS) is 11.0. The highest BCUT2D eigenvalue weighted by Crippen LogP contribution is 2.24. The summed E-state index contributed by atoms with van der Waals surface area (Å²) in [6, 6.07) is 19.7. The van der Waals surface area contributed by atoms with E-state index in [1.807, 2.05) is 66.9 Å². The number of anilines is 1. The maximum atomic E-state index is 12.7. The van der Waals surface area contributed by atoms with Crippen molar-refractivity contribution in [2.45, 2.75) is 11.4 Å². The molecular formula is C20H19N5OS. The Morgan fingerprint density at radius 3 is 2.48 bits per heavy atom. The molecular weight excluding hydrogens is 358 g/mol. The minimum Gasteiger partial charge on any atom is -0.385 e. The van der Waals surface area contributed by atoms with Crippen molar-refractivity contribution in [2.24, 2.45) is 0 Å². The third kappa shape index (κ3) is 3.59. The third-order valence-electron chi connectivity index (χ3n) is 4.21. The monoisotopic (exact) mass is 377 g/mol. The average molecular weight is 377 g/mol. The smallest absolute Gasteiger partial charge is 0.263 e. The van der Waals surface area contributed by atoms with Crippen LogP contribution in [0.3, 0.4) is 0 Å². The van der Waals surface area contributed by atoms with E-state index < -0.39 is 0 Å². The summed E-state index contributed by atoms with van der Waals surface area (Å²) in [6.45, 7) is 0.674. The Bertz CT molecular complexity index is 1110. The van der Waals surface area contributed by atoms with E-state index in [9.17, 15) is 4.79 Å². The number of H-pyrrole nitrogens is 1. The number of hydrogen-bond acceptors (Lipinski definition) is 5. The van der Waals surface area contributed by atoms with Gasteiger partial charge in [-0.15, -0.1) is 11.8 Å². The van der Waals surface area contributed by atoms with Gasteiger partial charge < -0.3 is 10.3 Å². The lowest BCUT2D eigenvalue weighted by molar-refractivity contribution is 0.838. The van der Waals surface area contributed by atoms with Gasteiger partial charge in [0.2, 0.25) is 0 Å². The van der Waals surface area contributed by atoms with Crippen LogP contribution in [0.15, 0.2) is 70.5 Å². The molecule has 0 radical (unpaired) electrons. The zero-order valence-corrected chi connectivity index (χ0v) is 15.7. The Labute approximate surface area is 160 Å². The van der Waals surface area contributed by atoms with Gasteiger partial charge in [-0.2, -0.15) is 5.10 Å². The number of para-hydroxylation sites is 2. The Balaban J connectivity index is 1.68. The van der Waals surface area contributed by atoms with E-state index in [2.05, 4.69) is 15.4 Å². The number of nitrogens with zero attached hydrogens (tertiary/aromatic N) is 3. The summed E-state index contributed by atoms with van der Waals surface area (Å²) < 4.78 is 1.74. The molecule has 7 heteroatoms. The minimum absolute atomic E-state index is 0.152. The fourth-order valence-electron chi connectivity index (χ4n) is 2.93. The standard InChI is InChI=1S/C20H19N5OS/c1-27-20-17-18(25(24-20)15-10-6-3-7-11-15)22-16(23-19(17)26)12-13-21-14-8-4-2-5-9-14/h2-11,21H,12-13H2,1H3,(H,22,23,26). The lowest BCUT2D eigenvalue weighted by atomic mass is 10.3. The highest BCUT2D eigenvalue weighted by Gasteiger charge is 2.17. The Morgan fingerprint density at radius 1 is 1.07 bits per heavy atom. The van der Waals surface area contributed by atoms with Crippen LogP contribution in [0.1, 0.15) is 5.82 Å². The van der Waals surface area contributed by atoms with Crippen molar-refractivity contribution in [1.82, 2.24) is 19.7 Å². The number of aromatic amines is 1. The van der Waals surface area contributed by atoms with Crippen molar-refractivity contribution in [1.29, 1.82) is 0 Å². The molecule has 2 heterocycles. The molecule has 4 rings (SSSR count). The maximum absolute atomic E-state index is 12.7.